The standard InChI is InChI=1S/C29H28O4/c1-3-29(22-11-7-5-8-12-22,23-13-9-6-10-14-23)24-15-17-25(18-16-24)32-21-26-19-20-27(33-26)28(30)31-4-2/h5-20H,3-4,21H2,1-2H3. The van der Waals surface area contributed by atoms with Crippen molar-refractivity contribution in [3.63, 3.8) is 0 Å². The zero-order valence-electron chi connectivity index (χ0n) is 19.0. The van der Waals surface area contributed by atoms with Crippen LogP contribution in [0.2, 0.25) is 0 Å². The average Bonchev–Trinajstić information content (AvgIpc) is 3.35. The molecule has 0 atom stereocenters. The number of carbonyl (C=O) groups excluding carboxylic acids is 1. The van der Waals surface area contributed by atoms with E-state index in [1.165, 1.54) is 16.7 Å². The zero-order valence-corrected chi connectivity index (χ0v) is 19.0. The van der Waals surface area contributed by atoms with Crippen LogP contribution < -0.4 is 4.74 Å². The van der Waals surface area contributed by atoms with Gasteiger partial charge in [-0.05, 0) is 54.3 Å². The summed E-state index contributed by atoms with van der Waals surface area (Å²) < 4.78 is 16.4. The molecule has 0 bridgehead atoms. The Labute approximate surface area is 194 Å². The van der Waals surface area contributed by atoms with Crippen LogP contribution in [0.5, 0.6) is 5.75 Å². The van der Waals surface area contributed by atoms with Crippen molar-refractivity contribution in [3.05, 3.63) is 125 Å². The van der Waals surface area contributed by atoms with Crippen LogP contribution >= 0.6 is 0 Å². The Kier molecular flexibility index (Phi) is 6.94. The van der Waals surface area contributed by atoms with E-state index >= 15 is 0 Å². The largest absolute Gasteiger partial charge is 0.486 e. The quantitative estimate of drug-likeness (QED) is 0.213. The second-order valence-electron chi connectivity index (χ2n) is 7.79. The summed E-state index contributed by atoms with van der Waals surface area (Å²) in [6.45, 7) is 4.53. The lowest BCUT2D eigenvalue weighted by Crippen LogP contribution is -2.28. The third kappa shape index (κ3) is 4.70. The van der Waals surface area contributed by atoms with Crippen molar-refractivity contribution >= 4 is 5.97 Å². The molecule has 0 saturated heterocycles. The first kappa shape index (κ1) is 22.4. The molecule has 4 heteroatoms. The van der Waals surface area contributed by atoms with Gasteiger partial charge in [-0.15, -0.1) is 0 Å². The maximum absolute atomic E-state index is 11.8. The van der Waals surface area contributed by atoms with Crippen LogP contribution in [-0.2, 0) is 16.8 Å². The highest BCUT2D eigenvalue weighted by molar-refractivity contribution is 5.86. The van der Waals surface area contributed by atoms with Crippen molar-refractivity contribution in [1.82, 2.24) is 0 Å². The number of esters is 1. The highest BCUT2D eigenvalue weighted by Gasteiger charge is 2.34. The predicted molar refractivity (Wildman–Crippen MR) is 128 cm³/mol. The molecular weight excluding hydrogens is 412 g/mol. The average molecular weight is 441 g/mol. The molecule has 4 aromatic rings. The van der Waals surface area contributed by atoms with Crippen LogP contribution in [-0.4, -0.2) is 12.6 Å². The first-order valence-corrected chi connectivity index (χ1v) is 11.3. The Morgan fingerprint density at radius 3 is 1.88 bits per heavy atom. The Morgan fingerprint density at radius 2 is 1.33 bits per heavy atom. The normalized spacial score (nSPS) is 11.2. The highest BCUT2D eigenvalue weighted by atomic mass is 16.5. The van der Waals surface area contributed by atoms with Crippen LogP contribution in [0.1, 0.15) is 53.3 Å². The molecule has 4 rings (SSSR count). The number of carbonyl (C=O) groups is 1. The number of ether oxygens (including phenoxy) is 2. The lowest BCUT2D eigenvalue weighted by Gasteiger charge is -2.35. The molecule has 0 aliphatic rings. The maximum atomic E-state index is 11.8. The minimum atomic E-state index is -0.467. The van der Waals surface area contributed by atoms with Crippen LogP contribution in [0.15, 0.2) is 101 Å². The van der Waals surface area contributed by atoms with Gasteiger partial charge in [0.05, 0.1) is 6.61 Å². The minimum absolute atomic E-state index is 0.184. The first-order chi connectivity index (χ1) is 16.2. The molecule has 0 fully saturated rings. The van der Waals surface area contributed by atoms with Gasteiger partial charge in [0.15, 0.2) is 0 Å². The van der Waals surface area contributed by atoms with E-state index in [-0.39, 0.29) is 17.8 Å². The zero-order chi connectivity index (χ0) is 23.1. The third-order valence-electron chi connectivity index (χ3n) is 5.93. The Morgan fingerprint density at radius 1 is 0.758 bits per heavy atom. The van der Waals surface area contributed by atoms with Crippen molar-refractivity contribution in [2.75, 3.05) is 6.61 Å². The van der Waals surface area contributed by atoms with Crippen LogP contribution in [0, 0.1) is 0 Å². The van der Waals surface area contributed by atoms with Gasteiger partial charge in [0.1, 0.15) is 18.1 Å². The third-order valence-corrected chi connectivity index (χ3v) is 5.93. The van der Waals surface area contributed by atoms with Gasteiger partial charge in [-0.2, -0.15) is 0 Å². The molecule has 0 aliphatic carbocycles. The SMILES string of the molecule is CCOC(=O)c1ccc(COc2ccc(C(CC)(c3ccccc3)c3ccccc3)cc2)o1. The fourth-order valence-corrected chi connectivity index (χ4v) is 4.32. The molecule has 3 aromatic carbocycles. The first-order valence-electron chi connectivity index (χ1n) is 11.3. The number of hydrogen-bond donors (Lipinski definition) is 0. The lowest BCUT2D eigenvalue weighted by molar-refractivity contribution is 0.0486. The lowest BCUT2D eigenvalue weighted by atomic mass is 9.68. The summed E-state index contributed by atoms with van der Waals surface area (Å²) in [5, 5.41) is 0. The van der Waals surface area contributed by atoms with Crippen molar-refractivity contribution in [2.24, 2.45) is 0 Å². The molecule has 168 valence electrons. The van der Waals surface area contributed by atoms with Gasteiger partial charge in [0, 0.05) is 5.41 Å². The van der Waals surface area contributed by atoms with Crippen molar-refractivity contribution in [2.45, 2.75) is 32.3 Å². The highest BCUT2D eigenvalue weighted by Crippen LogP contribution is 2.42. The van der Waals surface area contributed by atoms with E-state index in [0.717, 1.165) is 12.2 Å². The van der Waals surface area contributed by atoms with Gasteiger partial charge >= 0.3 is 5.97 Å². The molecule has 33 heavy (non-hydrogen) atoms. The van der Waals surface area contributed by atoms with E-state index in [9.17, 15) is 4.79 Å². The van der Waals surface area contributed by atoms with Gasteiger partial charge in [-0.1, -0.05) is 79.7 Å². The van der Waals surface area contributed by atoms with E-state index in [0.29, 0.717) is 12.4 Å². The fraction of sp³-hybridized carbons (Fsp3) is 0.207. The predicted octanol–water partition coefficient (Wildman–Crippen LogP) is 6.78. The second kappa shape index (κ2) is 10.2. The summed E-state index contributed by atoms with van der Waals surface area (Å²) in [7, 11) is 0. The molecule has 0 radical (unpaired) electrons. The number of benzene rings is 3. The Balaban J connectivity index is 1.57. The Bertz CT molecular complexity index is 1120. The van der Waals surface area contributed by atoms with E-state index in [1.54, 1.807) is 19.1 Å². The molecule has 1 aromatic heterocycles. The van der Waals surface area contributed by atoms with Crippen molar-refractivity contribution < 1.29 is 18.7 Å². The van der Waals surface area contributed by atoms with E-state index in [4.69, 9.17) is 13.9 Å². The van der Waals surface area contributed by atoms with Gasteiger partial charge in [0.25, 0.3) is 0 Å². The molecule has 1 heterocycles. The van der Waals surface area contributed by atoms with E-state index in [2.05, 4.69) is 67.6 Å². The van der Waals surface area contributed by atoms with Crippen molar-refractivity contribution in [3.8, 4) is 5.75 Å². The minimum Gasteiger partial charge on any atom is -0.486 e. The molecule has 0 amide bonds. The summed E-state index contributed by atoms with van der Waals surface area (Å²) in [5.41, 5.74) is 3.47. The molecule has 0 N–H and O–H groups in total. The second-order valence-corrected chi connectivity index (χ2v) is 7.79. The van der Waals surface area contributed by atoms with Crippen LogP contribution in [0.4, 0.5) is 0 Å². The topological polar surface area (TPSA) is 48.7 Å². The molecule has 4 nitrogen and oxygen atoms in total. The Hall–Kier alpha value is -3.79. The summed E-state index contributed by atoms with van der Waals surface area (Å²) in [5.74, 6) is 1.02. The smallest absolute Gasteiger partial charge is 0.374 e. The summed E-state index contributed by atoms with van der Waals surface area (Å²) in [6, 6.07) is 32.8. The van der Waals surface area contributed by atoms with Gasteiger partial charge in [-0.25, -0.2) is 4.79 Å². The monoisotopic (exact) mass is 440 g/mol. The van der Waals surface area contributed by atoms with Gasteiger partial charge in [-0.3, -0.25) is 0 Å². The molecule has 0 aliphatic heterocycles. The van der Waals surface area contributed by atoms with E-state index < -0.39 is 5.97 Å². The fourth-order valence-electron chi connectivity index (χ4n) is 4.32. The molecule has 0 saturated carbocycles. The summed E-state index contributed by atoms with van der Waals surface area (Å²) >= 11 is 0. The molecule has 0 unspecified atom stereocenters. The molecular formula is C29H28O4. The van der Waals surface area contributed by atoms with Gasteiger partial charge in [0.2, 0.25) is 5.76 Å². The number of hydrogen-bond acceptors (Lipinski definition) is 4. The maximum Gasteiger partial charge on any atom is 0.374 e. The molecule has 0 spiro atoms. The summed E-state index contributed by atoms with van der Waals surface area (Å²) in [6.07, 6.45) is 0.921. The van der Waals surface area contributed by atoms with Gasteiger partial charge < -0.3 is 13.9 Å². The van der Waals surface area contributed by atoms with Crippen LogP contribution in [0.3, 0.4) is 0 Å². The summed E-state index contributed by atoms with van der Waals surface area (Å²) in [4.78, 5) is 11.8. The van der Waals surface area contributed by atoms with Crippen molar-refractivity contribution in [1.29, 1.82) is 0 Å². The van der Waals surface area contributed by atoms with E-state index in [1.807, 2.05) is 24.3 Å². The number of rotatable bonds is 9. The number of furan rings is 1. The van der Waals surface area contributed by atoms with Crippen LogP contribution in [0.25, 0.3) is 0 Å².